The van der Waals surface area contributed by atoms with E-state index >= 15 is 0 Å². The predicted octanol–water partition coefficient (Wildman–Crippen LogP) is 2.11. The van der Waals surface area contributed by atoms with Gasteiger partial charge in [0, 0.05) is 12.1 Å². The van der Waals surface area contributed by atoms with E-state index in [9.17, 15) is 23.2 Å². The Labute approximate surface area is 156 Å². The molecule has 0 saturated carbocycles. The zero-order chi connectivity index (χ0) is 19.8. The number of ether oxygens (including phenoxy) is 1. The number of halogens is 2. The highest BCUT2D eigenvalue weighted by Crippen LogP contribution is 2.15. The third kappa shape index (κ3) is 7.05. The first-order valence-electron chi connectivity index (χ1n) is 7.55. The molecule has 0 spiro atoms. The number of amides is 2. The molecule has 0 saturated heterocycles. The topological polar surface area (TPSA) is 111 Å². The van der Waals surface area contributed by atoms with Crippen LogP contribution in [0.4, 0.5) is 20.3 Å². The number of aryl methyl sites for hydroxylation is 1. The Kier molecular flexibility index (Phi) is 7.29. The zero-order valence-corrected chi connectivity index (χ0v) is 14.9. The van der Waals surface area contributed by atoms with Crippen LogP contribution in [-0.4, -0.2) is 41.1 Å². The highest BCUT2D eigenvalue weighted by Gasteiger charge is 2.12. The molecule has 2 rings (SSSR count). The Bertz CT molecular complexity index is 843. The molecule has 11 heteroatoms. The molecule has 0 aliphatic carbocycles. The normalized spacial score (nSPS) is 10.3. The molecule has 0 aliphatic heterocycles. The van der Waals surface area contributed by atoms with Crippen molar-refractivity contribution in [3.63, 3.8) is 0 Å². The maximum absolute atomic E-state index is 13.4. The van der Waals surface area contributed by atoms with Crippen molar-refractivity contribution in [3.05, 3.63) is 41.7 Å². The summed E-state index contributed by atoms with van der Waals surface area (Å²) in [6.45, 7) is 1.01. The first kappa shape index (κ1) is 20.4. The second kappa shape index (κ2) is 9.67. The monoisotopic (exact) mass is 399 g/mol. The number of hydrogen-bond donors (Lipinski definition) is 2. The summed E-state index contributed by atoms with van der Waals surface area (Å²) in [6, 6.07) is 4.11. The molecule has 1 heterocycles. The lowest BCUT2D eigenvalue weighted by Crippen LogP contribution is -2.22. The fourth-order valence-corrected chi connectivity index (χ4v) is 2.41. The molecule has 2 N–H and O–H groups in total. The Balaban J connectivity index is 1.64. The van der Waals surface area contributed by atoms with Gasteiger partial charge in [0.05, 0.1) is 17.2 Å². The number of benzene rings is 1. The SMILES string of the molecule is Cc1cc(NC(=O)CSCC(=O)OCC(=O)Nc2cc(F)ccc2F)no1. The van der Waals surface area contributed by atoms with Gasteiger partial charge in [-0.15, -0.1) is 11.8 Å². The smallest absolute Gasteiger partial charge is 0.316 e. The van der Waals surface area contributed by atoms with E-state index < -0.39 is 30.1 Å². The van der Waals surface area contributed by atoms with Crippen molar-refractivity contribution in [1.82, 2.24) is 5.16 Å². The number of carbonyl (C=O) groups is 3. The number of rotatable bonds is 8. The van der Waals surface area contributed by atoms with E-state index in [4.69, 9.17) is 9.26 Å². The van der Waals surface area contributed by atoms with Crippen LogP contribution < -0.4 is 10.6 Å². The third-order valence-electron chi connectivity index (χ3n) is 2.92. The average Bonchev–Trinajstić information content (AvgIpc) is 3.01. The van der Waals surface area contributed by atoms with Crippen LogP contribution in [0, 0.1) is 18.6 Å². The van der Waals surface area contributed by atoms with Crippen molar-refractivity contribution in [1.29, 1.82) is 0 Å². The highest BCUT2D eigenvalue weighted by molar-refractivity contribution is 8.00. The van der Waals surface area contributed by atoms with E-state index in [0.717, 1.165) is 30.0 Å². The molecule has 27 heavy (non-hydrogen) atoms. The lowest BCUT2D eigenvalue weighted by atomic mass is 10.3. The number of hydrogen-bond acceptors (Lipinski definition) is 7. The fraction of sp³-hybridized carbons (Fsp3) is 0.250. The van der Waals surface area contributed by atoms with Crippen LogP contribution in [0.15, 0.2) is 28.8 Å². The second-order valence-electron chi connectivity index (χ2n) is 5.20. The molecule has 0 aliphatic rings. The van der Waals surface area contributed by atoms with Gasteiger partial charge in [0.1, 0.15) is 17.4 Å². The molecule has 2 aromatic rings. The van der Waals surface area contributed by atoms with Gasteiger partial charge < -0.3 is 19.9 Å². The molecule has 1 aromatic carbocycles. The first-order valence-corrected chi connectivity index (χ1v) is 8.70. The van der Waals surface area contributed by atoms with Gasteiger partial charge in [-0.1, -0.05) is 5.16 Å². The molecular formula is C16H15F2N3O5S. The molecule has 0 atom stereocenters. The largest absolute Gasteiger partial charge is 0.455 e. The first-order chi connectivity index (χ1) is 12.8. The molecule has 8 nitrogen and oxygen atoms in total. The van der Waals surface area contributed by atoms with Crippen molar-refractivity contribution in [2.45, 2.75) is 6.92 Å². The summed E-state index contributed by atoms with van der Waals surface area (Å²) < 4.78 is 35.9. The summed E-state index contributed by atoms with van der Waals surface area (Å²) in [5.41, 5.74) is -0.356. The Morgan fingerprint density at radius 3 is 2.63 bits per heavy atom. The van der Waals surface area contributed by atoms with Crippen molar-refractivity contribution < 1.29 is 32.4 Å². The number of thioether (sulfide) groups is 1. The van der Waals surface area contributed by atoms with Crippen LogP contribution in [-0.2, 0) is 19.1 Å². The van der Waals surface area contributed by atoms with E-state index in [1.54, 1.807) is 6.92 Å². The summed E-state index contributed by atoms with van der Waals surface area (Å²) in [6.07, 6.45) is 0. The maximum Gasteiger partial charge on any atom is 0.316 e. The fourth-order valence-electron chi connectivity index (χ4n) is 1.80. The van der Waals surface area contributed by atoms with Gasteiger partial charge in [-0.2, -0.15) is 0 Å². The quantitative estimate of drug-likeness (QED) is 0.654. The van der Waals surface area contributed by atoms with Crippen LogP contribution in [0.2, 0.25) is 0 Å². The van der Waals surface area contributed by atoms with Crippen LogP contribution >= 0.6 is 11.8 Å². The second-order valence-corrected chi connectivity index (χ2v) is 6.18. The molecule has 2 amide bonds. The molecule has 0 fully saturated rings. The van der Waals surface area contributed by atoms with Gasteiger partial charge in [0.15, 0.2) is 12.4 Å². The summed E-state index contributed by atoms with van der Waals surface area (Å²) in [7, 11) is 0. The van der Waals surface area contributed by atoms with E-state index in [1.165, 1.54) is 6.07 Å². The molecule has 144 valence electrons. The predicted molar refractivity (Wildman–Crippen MR) is 93.1 cm³/mol. The average molecular weight is 399 g/mol. The van der Waals surface area contributed by atoms with Gasteiger partial charge in [0.2, 0.25) is 5.91 Å². The maximum atomic E-state index is 13.4. The van der Waals surface area contributed by atoms with Crippen LogP contribution in [0.5, 0.6) is 0 Å². The molecule has 1 aromatic heterocycles. The standard InChI is InChI=1S/C16H15F2N3O5S/c1-9-4-13(21-26-9)20-15(23)7-27-8-16(24)25-6-14(22)19-12-5-10(17)2-3-11(12)18/h2-5H,6-8H2,1H3,(H,19,22)(H,20,21,23). The number of esters is 1. The lowest BCUT2D eigenvalue weighted by Gasteiger charge is -2.07. The minimum atomic E-state index is -0.822. The van der Waals surface area contributed by atoms with Gasteiger partial charge in [-0.05, 0) is 19.1 Å². The number of aromatic nitrogens is 1. The summed E-state index contributed by atoms with van der Waals surface area (Å²) in [4.78, 5) is 34.8. The van der Waals surface area contributed by atoms with Crippen LogP contribution in [0.1, 0.15) is 5.76 Å². The zero-order valence-electron chi connectivity index (χ0n) is 14.1. The van der Waals surface area contributed by atoms with E-state index in [1.807, 2.05) is 0 Å². The summed E-state index contributed by atoms with van der Waals surface area (Å²) in [5.74, 6) is -2.90. The Morgan fingerprint density at radius 1 is 1.15 bits per heavy atom. The summed E-state index contributed by atoms with van der Waals surface area (Å²) >= 11 is 0.969. The van der Waals surface area contributed by atoms with Crippen molar-refractivity contribution in [2.24, 2.45) is 0 Å². The highest BCUT2D eigenvalue weighted by atomic mass is 32.2. The summed E-state index contributed by atoms with van der Waals surface area (Å²) in [5, 5.41) is 8.16. The van der Waals surface area contributed by atoms with Gasteiger partial charge >= 0.3 is 5.97 Å². The van der Waals surface area contributed by atoms with Gasteiger partial charge in [-0.25, -0.2) is 8.78 Å². The Morgan fingerprint density at radius 2 is 1.93 bits per heavy atom. The van der Waals surface area contributed by atoms with E-state index in [-0.39, 0.29) is 28.9 Å². The number of carbonyl (C=O) groups excluding carboxylic acids is 3. The van der Waals surface area contributed by atoms with Crippen LogP contribution in [0.25, 0.3) is 0 Å². The molecular weight excluding hydrogens is 384 g/mol. The molecule has 0 bridgehead atoms. The minimum absolute atomic E-state index is 0.0400. The van der Waals surface area contributed by atoms with Gasteiger partial charge in [-0.3, -0.25) is 14.4 Å². The van der Waals surface area contributed by atoms with Crippen molar-refractivity contribution in [3.8, 4) is 0 Å². The third-order valence-corrected chi connectivity index (χ3v) is 3.82. The molecule has 0 radical (unpaired) electrons. The van der Waals surface area contributed by atoms with E-state index in [2.05, 4.69) is 15.8 Å². The van der Waals surface area contributed by atoms with Crippen LogP contribution in [0.3, 0.4) is 0 Å². The lowest BCUT2D eigenvalue weighted by molar-refractivity contribution is -0.144. The van der Waals surface area contributed by atoms with Crippen molar-refractivity contribution in [2.75, 3.05) is 28.7 Å². The number of anilines is 2. The minimum Gasteiger partial charge on any atom is -0.455 e. The van der Waals surface area contributed by atoms with Crippen molar-refractivity contribution >= 4 is 41.1 Å². The Hall–Kier alpha value is -2.95. The van der Waals surface area contributed by atoms with E-state index in [0.29, 0.717) is 5.76 Å². The number of nitrogens with one attached hydrogen (secondary N) is 2. The number of nitrogens with zero attached hydrogens (tertiary/aromatic N) is 1. The molecule has 0 unspecified atom stereocenters. The van der Waals surface area contributed by atoms with Gasteiger partial charge in [0.25, 0.3) is 5.91 Å².